The van der Waals surface area contributed by atoms with Crippen LogP contribution in [0.2, 0.25) is 5.02 Å². The Kier molecular flexibility index (Phi) is 6.80. The highest BCUT2D eigenvalue weighted by molar-refractivity contribution is 7.16. The van der Waals surface area contributed by atoms with Gasteiger partial charge in [0.1, 0.15) is 28.1 Å². The maximum atomic E-state index is 12.2. The first-order valence-electron chi connectivity index (χ1n) is 11.6. The first-order chi connectivity index (χ1) is 16.9. The summed E-state index contributed by atoms with van der Waals surface area (Å²) in [6.07, 6.45) is 1.43. The van der Waals surface area contributed by atoms with Gasteiger partial charge in [0.05, 0.1) is 11.0 Å². The molecule has 0 unspecified atom stereocenters. The van der Waals surface area contributed by atoms with Gasteiger partial charge in [0.15, 0.2) is 0 Å². The lowest BCUT2D eigenvalue weighted by Gasteiger charge is -2.32. The molecule has 1 amide bonds. The van der Waals surface area contributed by atoms with Crippen molar-refractivity contribution in [3.05, 3.63) is 75.9 Å². The number of likely N-dealkylation sites (N-methyl/N-ethyl adjacent to an activating group) is 1. The monoisotopic (exact) mass is 509 g/mol. The number of nitrogens with zero attached hydrogens (tertiary/aromatic N) is 4. The van der Waals surface area contributed by atoms with E-state index in [-0.39, 0.29) is 6.10 Å². The first-order valence-corrected chi connectivity index (χ1v) is 12.8. The number of amides is 1. The van der Waals surface area contributed by atoms with Gasteiger partial charge in [-0.2, -0.15) is 0 Å². The maximum absolute atomic E-state index is 12.2. The minimum atomic E-state index is -0.525. The minimum absolute atomic E-state index is 0.348. The Morgan fingerprint density at radius 1 is 1.17 bits per heavy atom. The minimum Gasteiger partial charge on any atom is -0.484 e. The summed E-state index contributed by atoms with van der Waals surface area (Å²) in [5.74, 6) is -0.0804. The van der Waals surface area contributed by atoms with Crippen LogP contribution in [-0.2, 0) is 6.54 Å². The fourth-order valence-corrected chi connectivity index (χ4v) is 5.61. The Balaban J connectivity index is 1.44. The van der Waals surface area contributed by atoms with Gasteiger partial charge in [-0.25, -0.2) is 4.98 Å². The zero-order chi connectivity index (χ0) is 24.5. The summed E-state index contributed by atoms with van der Waals surface area (Å²) >= 11 is 7.64. The largest absolute Gasteiger partial charge is 0.484 e. The zero-order valence-electron chi connectivity index (χ0n) is 19.8. The van der Waals surface area contributed by atoms with Gasteiger partial charge in [-0.15, -0.1) is 11.3 Å². The summed E-state index contributed by atoms with van der Waals surface area (Å²) in [4.78, 5) is 22.0. The van der Waals surface area contributed by atoms with E-state index in [1.165, 1.54) is 16.9 Å². The molecule has 1 fully saturated rings. The van der Waals surface area contributed by atoms with E-state index < -0.39 is 5.91 Å². The van der Waals surface area contributed by atoms with Crippen molar-refractivity contribution in [3.63, 3.8) is 0 Å². The highest BCUT2D eigenvalue weighted by Gasteiger charge is 2.21. The molecule has 2 N–H and O–H groups in total. The van der Waals surface area contributed by atoms with Crippen LogP contribution >= 0.6 is 22.9 Å². The number of hydrogen-bond acceptors (Lipinski definition) is 6. The van der Waals surface area contributed by atoms with Crippen molar-refractivity contribution < 1.29 is 9.53 Å². The molecule has 35 heavy (non-hydrogen) atoms. The summed E-state index contributed by atoms with van der Waals surface area (Å²) < 4.78 is 8.17. The molecule has 1 atom stereocenters. The van der Waals surface area contributed by atoms with Crippen LogP contribution in [0.3, 0.4) is 0 Å². The Labute approximate surface area is 213 Å². The summed E-state index contributed by atoms with van der Waals surface area (Å²) in [6.45, 7) is 7.09. The van der Waals surface area contributed by atoms with E-state index in [2.05, 4.69) is 40.0 Å². The van der Waals surface area contributed by atoms with E-state index >= 15 is 0 Å². The normalized spacial score (nSPS) is 16.0. The Morgan fingerprint density at radius 3 is 2.69 bits per heavy atom. The Hall–Kier alpha value is -2.91. The van der Waals surface area contributed by atoms with Crippen molar-refractivity contribution in [1.82, 2.24) is 19.4 Å². The lowest BCUT2D eigenvalue weighted by Crippen LogP contribution is -2.43. The number of rotatable bonds is 7. The molecule has 5 rings (SSSR count). The number of benzene rings is 2. The van der Waals surface area contributed by atoms with Gasteiger partial charge >= 0.3 is 0 Å². The first kappa shape index (κ1) is 23.8. The van der Waals surface area contributed by atoms with Crippen LogP contribution in [0.15, 0.2) is 54.9 Å². The second-order valence-corrected chi connectivity index (χ2v) is 10.4. The molecular weight excluding hydrogens is 482 g/mol. The molecule has 0 spiro atoms. The number of primary amides is 1. The summed E-state index contributed by atoms with van der Waals surface area (Å²) in [6, 6.07) is 15.7. The van der Waals surface area contributed by atoms with E-state index in [4.69, 9.17) is 22.1 Å². The van der Waals surface area contributed by atoms with Gasteiger partial charge in [-0.1, -0.05) is 35.9 Å². The Morgan fingerprint density at radius 2 is 1.94 bits per heavy atom. The number of thiophene rings is 1. The van der Waals surface area contributed by atoms with E-state index in [0.29, 0.717) is 15.6 Å². The van der Waals surface area contributed by atoms with Crippen LogP contribution in [0.1, 0.15) is 33.8 Å². The number of hydrogen-bond donors (Lipinski definition) is 1. The van der Waals surface area contributed by atoms with E-state index in [0.717, 1.165) is 54.3 Å². The summed E-state index contributed by atoms with van der Waals surface area (Å²) in [7, 11) is 2.16. The molecule has 2 aromatic heterocycles. The van der Waals surface area contributed by atoms with Crippen LogP contribution in [0.4, 0.5) is 0 Å². The topological polar surface area (TPSA) is 76.6 Å². The third-order valence-electron chi connectivity index (χ3n) is 6.41. The van der Waals surface area contributed by atoms with Crippen LogP contribution < -0.4 is 10.5 Å². The summed E-state index contributed by atoms with van der Waals surface area (Å²) in [5, 5.41) is 1.43. The average molecular weight is 510 g/mol. The van der Waals surface area contributed by atoms with Crippen molar-refractivity contribution >= 4 is 39.9 Å². The molecule has 3 heterocycles. The van der Waals surface area contributed by atoms with E-state index in [1.54, 1.807) is 6.33 Å². The van der Waals surface area contributed by atoms with E-state index in [9.17, 15) is 4.79 Å². The van der Waals surface area contributed by atoms with Crippen molar-refractivity contribution in [2.45, 2.75) is 19.6 Å². The van der Waals surface area contributed by atoms with Crippen LogP contribution in [0.5, 0.6) is 5.75 Å². The lowest BCUT2D eigenvalue weighted by atomic mass is 10.1. The smallest absolute Gasteiger partial charge is 0.262 e. The highest BCUT2D eigenvalue weighted by Crippen LogP contribution is 2.37. The number of piperazine rings is 1. The number of halogens is 1. The van der Waals surface area contributed by atoms with Gasteiger partial charge < -0.3 is 15.4 Å². The number of carbonyl (C=O) groups is 1. The second kappa shape index (κ2) is 9.99. The van der Waals surface area contributed by atoms with Crippen molar-refractivity contribution in [1.29, 1.82) is 0 Å². The highest BCUT2D eigenvalue weighted by atomic mass is 35.5. The van der Waals surface area contributed by atoms with Crippen molar-refractivity contribution in [2.75, 3.05) is 33.2 Å². The molecule has 0 radical (unpaired) electrons. The molecule has 2 aromatic carbocycles. The molecule has 7 nitrogen and oxygen atoms in total. The van der Waals surface area contributed by atoms with Crippen molar-refractivity contribution in [3.8, 4) is 10.8 Å². The fraction of sp³-hybridized carbons (Fsp3) is 0.308. The predicted octanol–water partition coefficient (Wildman–Crippen LogP) is 4.73. The third-order valence-corrected chi connectivity index (χ3v) is 7.88. The molecule has 0 aliphatic carbocycles. The molecule has 4 aromatic rings. The third kappa shape index (κ3) is 5.06. The van der Waals surface area contributed by atoms with Gasteiger partial charge in [-0.3, -0.25) is 14.3 Å². The molecule has 1 aliphatic heterocycles. The molecular formula is C26H28ClN5O2S. The molecule has 182 valence electrons. The van der Waals surface area contributed by atoms with Gasteiger partial charge in [0.25, 0.3) is 5.91 Å². The average Bonchev–Trinajstić information content (AvgIpc) is 3.44. The number of fused-ring (bicyclic) bond motifs is 1. The Bertz CT molecular complexity index is 1360. The second-order valence-electron chi connectivity index (χ2n) is 8.94. The molecule has 1 aliphatic rings. The van der Waals surface area contributed by atoms with E-state index in [1.807, 2.05) is 41.8 Å². The molecule has 0 saturated carbocycles. The standard InChI is InChI=1S/C26H28ClN5O2S/c1-17(19-5-3-4-6-20(19)27)34-23-14-24(35-25(23)26(28)33)32-16-29-21-8-7-18(13-22(21)32)15-31-11-9-30(2)10-12-31/h3-8,13-14,16-17H,9-12,15H2,1-2H3,(H2,28,33)/t17-/m1/s1. The number of aromatic nitrogens is 2. The van der Waals surface area contributed by atoms with Gasteiger partial charge in [0, 0.05) is 49.4 Å². The number of nitrogens with two attached hydrogens (primary N) is 1. The predicted molar refractivity (Wildman–Crippen MR) is 141 cm³/mol. The SMILES string of the molecule is C[C@@H](Oc1cc(-n2cnc3ccc(CN4CCN(C)CC4)cc32)sc1C(N)=O)c1ccccc1Cl. The van der Waals surface area contributed by atoms with Crippen molar-refractivity contribution in [2.24, 2.45) is 5.73 Å². The van der Waals surface area contributed by atoms with Crippen LogP contribution in [0, 0.1) is 0 Å². The molecule has 9 heteroatoms. The number of ether oxygens (including phenoxy) is 1. The fourth-order valence-electron chi connectivity index (χ4n) is 4.39. The zero-order valence-corrected chi connectivity index (χ0v) is 21.4. The van der Waals surface area contributed by atoms with Gasteiger partial charge in [-0.05, 0) is 37.7 Å². The quantitative estimate of drug-likeness (QED) is 0.390. The van der Waals surface area contributed by atoms with Crippen LogP contribution in [0.25, 0.3) is 16.0 Å². The van der Waals surface area contributed by atoms with Gasteiger partial charge in [0.2, 0.25) is 0 Å². The molecule has 0 bridgehead atoms. The molecule has 1 saturated heterocycles. The summed E-state index contributed by atoms with van der Waals surface area (Å²) in [5.41, 5.74) is 9.67. The lowest BCUT2D eigenvalue weighted by molar-refractivity contribution is 0.0998. The number of imidazole rings is 1. The van der Waals surface area contributed by atoms with Crippen LogP contribution in [-0.4, -0.2) is 58.5 Å². The number of carbonyl (C=O) groups excluding carboxylic acids is 1. The maximum Gasteiger partial charge on any atom is 0.262 e.